The van der Waals surface area contributed by atoms with Gasteiger partial charge in [0.25, 0.3) is 0 Å². The van der Waals surface area contributed by atoms with Crippen molar-refractivity contribution in [3.05, 3.63) is 0 Å². The van der Waals surface area contributed by atoms with Crippen LogP contribution < -0.4 is 0 Å². The highest BCUT2D eigenvalue weighted by Crippen LogP contribution is 2.59. The Kier molecular flexibility index (Phi) is 6.49. The maximum Gasteiger partial charge on any atom is 0.150 e. The van der Waals surface area contributed by atoms with Crippen molar-refractivity contribution in [3.8, 4) is 0 Å². The van der Waals surface area contributed by atoms with E-state index in [4.69, 9.17) is 4.74 Å². The van der Waals surface area contributed by atoms with E-state index < -0.39 is 0 Å². The van der Waals surface area contributed by atoms with E-state index in [1.165, 1.54) is 38.5 Å². The molecule has 1 heterocycles. The zero-order chi connectivity index (χ0) is 19.7. The number of morpholine rings is 1. The normalized spacial score (nSPS) is 45.0. The number of aliphatic hydroxyl groups is 1. The third-order valence-electron chi connectivity index (χ3n) is 9.19. The number of nitrogens with zero attached hydrogens (tertiary/aromatic N) is 1. The van der Waals surface area contributed by atoms with Gasteiger partial charge in [-0.05, 0) is 80.5 Å². The average molecular weight is 392 g/mol. The molecule has 0 radical (unpaired) electrons. The van der Waals surface area contributed by atoms with E-state index in [9.17, 15) is 9.90 Å². The fraction of sp³-hybridized carbons (Fsp3) is 0.958. The lowest BCUT2D eigenvalue weighted by Crippen LogP contribution is -2.45. The van der Waals surface area contributed by atoms with Gasteiger partial charge in [0, 0.05) is 19.0 Å². The molecule has 0 amide bonds. The Morgan fingerprint density at radius 1 is 1.11 bits per heavy atom. The number of aliphatic hydroxyl groups excluding tert-OH is 1. The quantitative estimate of drug-likeness (QED) is 0.772. The fourth-order valence-electron chi connectivity index (χ4n) is 7.42. The van der Waals surface area contributed by atoms with Crippen LogP contribution in [0.15, 0.2) is 0 Å². The number of ketones is 1. The van der Waals surface area contributed by atoms with E-state index in [-0.39, 0.29) is 17.4 Å². The van der Waals surface area contributed by atoms with Crippen LogP contribution in [0.5, 0.6) is 0 Å². The predicted octanol–water partition coefficient (Wildman–Crippen LogP) is 3.91. The fourth-order valence-corrected chi connectivity index (χ4v) is 7.42. The van der Waals surface area contributed by atoms with Gasteiger partial charge in [-0.2, -0.15) is 0 Å². The molecule has 7 atom stereocenters. The molecule has 4 aliphatic rings. The highest BCUT2D eigenvalue weighted by Gasteiger charge is 2.53. The second kappa shape index (κ2) is 8.73. The third-order valence-corrected chi connectivity index (χ3v) is 9.19. The van der Waals surface area contributed by atoms with Crippen LogP contribution in [0.25, 0.3) is 0 Å². The lowest BCUT2D eigenvalue weighted by Gasteiger charge is -2.48. The van der Waals surface area contributed by atoms with Gasteiger partial charge in [0.15, 0.2) is 0 Å². The number of hydrogen-bond acceptors (Lipinski definition) is 4. The number of ether oxygens (including phenoxy) is 1. The summed E-state index contributed by atoms with van der Waals surface area (Å²) in [5.41, 5.74) is 0.232. The second-order valence-electron chi connectivity index (χ2n) is 10.5. The minimum absolute atomic E-state index is 0.0660. The Balaban J connectivity index is 1.37. The maximum atomic E-state index is 13.2. The van der Waals surface area contributed by atoms with E-state index >= 15 is 0 Å². The molecule has 4 heteroatoms. The second-order valence-corrected chi connectivity index (χ2v) is 10.5. The standard InChI is InChI=1S/C24H41NO3/c1-3-17-15-20(26)5-6-21(17)18-8-9-24(2)19(14-18)4-7-22(24)23(27)16-25-10-12-28-13-11-25/h17-22,26H,3-16H2,1-2H3. The third kappa shape index (κ3) is 4.06. The Labute approximate surface area is 171 Å². The molecule has 4 nitrogen and oxygen atoms in total. The van der Waals surface area contributed by atoms with Gasteiger partial charge in [0.05, 0.1) is 25.9 Å². The molecule has 1 N–H and O–H groups in total. The molecule has 160 valence electrons. The number of carbonyl (C=O) groups is 1. The van der Waals surface area contributed by atoms with Gasteiger partial charge < -0.3 is 9.84 Å². The first kappa shape index (κ1) is 20.8. The number of fused-ring (bicyclic) bond motifs is 1. The van der Waals surface area contributed by atoms with Crippen LogP contribution in [0.1, 0.15) is 71.6 Å². The molecule has 1 aliphatic heterocycles. The number of hydrogen-bond donors (Lipinski definition) is 1. The minimum atomic E-state index is -0.0660. The van der Waals surface area contributed by atoms with Crippen molar-refractivity contribution in [2.24, 2.45) is 35.0 Å². The van der Waals surface area contributed by atoms with Gasteiger partial charge in [0.1, 0.15) is 5.78 Å². The Morgan fingerprint density at radius 2 is 1.89 bits per heavy atom. The Bertz CT molecular complexity index is 546. The lowest BCUT2D eigenvalue weighted by molar-refractivity contribution is -0.130. The zero-order valence-corrected chi connectivity index (χ0v) is 18.1. The topological polar surface area (TPSA) is 49.8 Å². The summed E-state index contributed by atoms with van der Waals surface area (Å²) in [6.45, 7) is 8.74. The van der Waals surface area contributed by atoms with Crippen LogP contribution in [-0.2, 0) is 9.53 Å². The molecule has 0 aromatic rings. The van der Waals surface area contributed by atoms with Gasteiger partial charge in [-0.1, -0.05) is 20.3 Å². The molecule has 0 bridgehead atoms. The Morgan fingerprint density at radius 3 is 2.64 bits per heavy atom. The maximum absolute atomic E-state index is 13.2. The first-order valence-electron chi connectivity index (χ1n) is 12.0. The Hall–Kier alpha value is -0.450. The van der Waals surface area contributed by atoms with E-state index in [0.717, 1.165) is 63.3 Å². The molecule has 0 spiro atoms. The molecule has 3 saturated carbocycles. The number of carbonyl (C=O) groups excluding carboxylic acids is 1. The highest BCUT2D eigenvalue weighted by atomic mass is 16.5. The van der Waals surface area contributed by atoms with Crippen LogP contribution in [0, 0.1) is 35.0 Å². The molecular formula is C24H41NO3. The van der Waals surface area contributed by atoms with Crippen molar-refractivity contribution < 1.29 is 14.6 Å². The van der Waals surface area contributed by atoms with Crippen molar-refractivity contribution in [3.63, 3.8) is 0 Å². The molecule has 3 aliphatic carbocycles. The summed E-state index contributed by atoms with van der Waals surface area (Å²) in [6, 6.07) is 0. The monoisotopic (exact) mass is 391 g/mol. The molecule has 7 unspecified atom stereocenters. The zero-order valence-electron chi connectivity index (χ0n) is 18.1. The minimum Gasteiger partial charge on any atom is -0.393 e. The van der Waals surface area contributed by atoms with Crippen LogP contribution in [0.2, 0.25) is 0 Å². The molecule has 0 aromatic carbocycles. The summed E-state index contributed by atoms with van der Waals surface area (Å²) in [7, 11) is 0. The smallest absolute Gasteiger partial charge is 0.150 e. The van der Waals surface area contributed by atoms with Crippen LogP contribution in [-0.4, -0.2) is 54.7 Å². The van der Waals surface area contributed by atoms with Crippen molar-refractivity contribution in [1.82, 2.24) is 4.90 Å². The van der Waals surface area contributed by atoms with Gasteiger partial charge in [-0.25, -0.2) is 0 Å². The van der Waals surface area contributed by atoms with Crippen LogP contribution in [0.3, 0.4) is 0 Å². The summed E-state index contributed by atoms with van der Waals surface area (Å²) < 4.78 is 5.44. The van der Waals surface area contributed by atoms with Gasteiger partial charge in [0.2, 0.25) is 0 Å². The molecule has 0 aromatic heterocycles. The van der Waals surface area contributed by atoms with Crippen molar-refractivity contribution in [2.45, 2.75) is 77.7 Å². The highest BCUT2D eigenvalue weighted by molar-refractivity contribution is 5.84. The average Bonchev–Trinajstić information content (AvgIpc) is 3.05. The van der Waals surface area contributed by atoms with Crippen LogP contribution in [0.4, 0.5) is 0 Å². The first-order chi connectivity index (χ1) is 13.5. The van der Waals surface area contributed by atoms with E-state index in [1.54, 1.807) is 0 Å². The van der Waals surface area contributed by atoms with Gasteiger partial charge in [-0.15, -0.1) is 0 Å². The van der Waals surface area contributed by atoms with Crippen LogP contribution >= 0.6 is 0 Å². The predicted molar refractivity (Wildman–Crippen MR) is 111 cm³/mol. The molecular weight excluding hydrogens is 350 g/mol. The molecule has 4 fully saturated rings. The number of Topliss-reactive ketones (excluding diaryl/α,β-unsaturated/α-hetero) is 1. The summed E-state index contributed by atoms with van der Waals surface area (Å²) >= 11 is 0. The van der Waals surface area contributed by atoms with E-state index in [0.29, 0.717) is 18.2 Å². The molecule has 1 saturated heterocycles. The first-order valence-corrected chi connectivity index (χ1v) is 12.0. The number of rotatable bonds is 5. The van der Waals surface area contributed by atoms with Crippen molar-refractivity contribution >= 4 is 5.78 Å². The molecule has 28 heavy (non-hydrogen) atoms. The lowest BCUT2D eigenvalue weighted by atomic mass is 9.57. The van der Waals surface area contributed by atoms with Crippen molar-refractivity contribution in [1.29, 1.82) is 0 Å². The largest absolute Gasteiger partial charge is 0.393 e. The summed E-state index contributed by atoms with van der Waals surface area (Å²) in [5, 5.41) is 10.1. The van der Waals surface area contributed by atoms with E-state index in [1.807, 2.05) is 0 Å². The van der Waals surface area contributed by atoms with Gasteiger partial charge >= 0.3 is 0 Å². The SMILES string of the molecule is CCC1CC(O)CCC1C1CCC2(C)C(CCC2C(=O)CN2CCOCC2)C1. The summed E-state index contributed by atoms with van der Waals surface area (Å²) in [4.78, 5) is 15.5. The summed E-state index contributed by atoms with van der Waals surface area (Å²) in [6.07, 6.45) is 10.6. The van der Waals surface area contributed by atoms with E-state index in [2.05, 4.69) is 18.7 Å². The van der Waals surface area contributed by atoms with Gasteiger partial charge in [-0.3, -0.25) is 9.69 Å². The summed E-state index contributed by atoms with van der Waals surface area (Å²) in [5.74, 6) is 3.84. The molecule has 4 rings (SSSR count). The van der Waals surface area contributed by atoms with Crippen molar-refractivity contribution in [2.75, 3.05) is 32.8 Å².